The number of sulfone groups is 1. The zero-order valence-electron chi connectivity index (χ0n) is 17.5. The van der Waals surface area contributed by atoms with Crippen molar-refractivity contribution in [1.82, 2.24) is 0 Å². The maximum Gasteiger partial charge on any atom is 0.216 e. The van der Waals surface area contributed by atoms with Crippen molar-refractivity contribution in [2.45, 2.75) is 57.3 Å². The Kier molecular flexibility index (Phi) is 6.56. The number of phenolic OH excluding ortho intramolecular Hbond substituents is 1. The van der Waals surface area contributed by atoms with Crippen molar-refractivity contribution in [3.05, 3.63) is 61.6 Å². The highest BCUT2D eigenvalue weighted by Crippen LogP contribution is 2.40. The number of hydrogen-bond acceptors (Lipinski definition) is 4. The van der Waals surface area contributed by atoms with Crippen molar-refractivity contribution in [2.75, 3.05) is 0 Å². The van der Waals surface area contributed by atoms with Gasteiger partial charge in [0.15, 0.2) is 0 Å². The van der Waals surface area contributed by atoms with E-state index < -0.39 is 9.84 Å². The Balaban J connectivity index is 2.73. The molecule has 0 aromatic heterocycles. The molecule has 0 saturated carbocycles. The Bertz CT molecular complexity index is 1060. The molecule has 4 nitrogen and oxygen atoms in total. The van der Waals surface area contributed by atoms with E-state index in [1.54, 1.807) is 24.3 Å². The molecule has 154 valence electrons. The van der Waals surface area contributed by atoms with Crippen molar-refractivity contribution in [1.29, 1.82) is 5.26 Å². The average molecular weight is 523 g/mol. The summed E-state index contributed by atoms with van der Waals surface area (Å²) in [5.74, 6) is 0.209. The zero-order chi connectivity index (χ0) is 22.2. The van der Waals surface area contributed by atoms with Crippen LogP contribution in [0.4, 0.5) is 0 Å². The summed E-state index contributed by atoms with van der Waals surface area (Å²) in [5, 5.41) is 20.4. The summed E-state index contributed by atoms with van der Waals surface area (Å²) < 4.78 is 26.8. The summed E-state index contributed by atoms with van der Waals surface area (Å²) in [6, 6.07) is 11.7. The number of halogens is 1. The van der Waals surface area contributed by atoms with Gasteiger partial charge in [0.25, 0.3) is 0 Å². The predicted octanol–water partition coefficient (Wildman–Crippen LogP) is 5.93. The van der Waals surface area contributed by atoms with Crippen LogP contribution in [0.3, 0.4) is 0 Å². The van der Waals surface area contributed by atoms with E-state index in [0.717, 1.165) is 3.57 Å². The van der Waals surface area contributed by atoms with Crippen LogP contribution < -0.4 is 0 Å². The lowest BCUT2D eigenvalue weighted by Gasteiger charge is -2.28. The Morgan fingerprint density at radius 2 is 1.45 bits per heavy atom. The largest absolute Gasteiger partial charge is 0.507 e. The summed E-state index contributed by atoms with van der Waals surface area (Å²) in [7, 11) is -3.94. The number of nitriles is 1. The molecule has 0 bridgehead atoms. The predicted molar refractivity (Wildman–Crippen MR) is 125 cm³/mol. The molecule has 2 aromatic carbocycles. The quantitative estimate of drug-likeness (QED) is 0.400. The van der Waals surface area contributed by atoms with Crippen LogP contribution >= 0.6 is 22.6 Å². The van der Waals surface area contributed by atoms with Crippen molar-refractivity contribution in [3.8, 4) is 11.8 Å². The second-order valence-electron chi connectivity index (χ2n) is 9.04. The first-order chi connectivity index (χ1) is 13.2. The minimum atomic E-state index is -3.94. The summed E-state index contributed by atoms with van der Waals surface area (Å²) in [6.45, 7) is 11.9. The van der Waals surface area contributed by atoms with Gasteiger partial charge in [-0.2, -0.15) is 5.26 Å². The van der Waals surface area contributed by atoms with Crippen LogP contribution in [0.5, 0.6) is 5.75 Å². The van der Waals surface area contributed by atoms with E-state index in [4.69, 9.17) is 0 Å². The van der Waals surface area contributed by atoms with Crippen LogP contribution in [-0.2, 0) is 20.7 Å². The smallest absolute Gasteiger partial charge is 0.216 e. The van der Waals surface area contributed by atoms with Crippen LogP contribution in [-0.4, -0.2) is 13.5 Å². The van der Waals surface area contributed by atoms with Gasteiger partial charge < -0.3 is 5.11 Å². The molecule has 0 saturated heterocycles. The number of nitrogens with zero attached hydrogens (tertiary/aromatic N) is 1. The fourth-order valence-corrected chi connectivity index (χ4v) is 4.46. The van der Waals surface area contributed by atoms with Gasteiger partial charge in [-0.1, -0.05) is 41.5 Å². The van der Waals surface area contributed by atoms with Gasteiger partial charge in [-0.05, 0) is 81.5 Å². The fourth-order valence-electron chi connectivity index (χ4n) is 2.95. The Labute approximate surface area is 187 Å². The lowest BCUT2D eigenvalue weighted by molar-refractivity contribution is 0.423. The fraction of sp³-hybridized carbons (Fsp3) is 0.348. The number of aromatic hydroxyl groups is 1. The molecule has 2 rings (SSSR count). The van der Waals surface area contributed by atoms with E-state index >= 15 is 0 Å². The van der Waals surface area contributed by atoms with Crippen molar-refractivity contribution >= 4 is 38.5 Å². The molecular weight excluding hydrogens is 497 g/mol. The maximum absolute atomic E-state index is 13.0. The molecule has 2 aromatic rings. The Hall–Kier alpha value is -1.85. The van der Waals surface area contributed by atoms with Crippen molar-refractivity contribution in [2.24, 2.45) is 0 Å². The third-order valence-corrected chi connectivity index (χ3v) is 6.97. The highest BCUT2D eigenvalue weighted by molar-refractivity contribution is 14.1. The van der Waals surface area contributed by atoms with E-state index in [0.29, 0.717) is 16.7 Å². The molecular formula is C23H26INO3S. The van der Waals surface area contributed by atoms with Gasteiger partial charge in [0.2, 0.25) is 9.84 Å². The molecule has 1 N–H and O–H groups in total. The first-order valence-electron chi connectivity index (χ1n) is 9.18. The Morgan fingerprint density at radius 1 is 1.00 bits per heavy atom. The van der Waals surface area contributed by atoms with E-state index in [1.807, 2.05) is 47.6 Å². The highest BCUT2D eigenvalue weighted by Gasteiger charge is 2.27. The zero-order valence-corrected chi connectivity index (χ0v) is 20.5. The van der Waals surface area contributed by atoms with Crippen LogP contribution in [0, 0.1) is 14.9 Å². The summed E-state index contributed by atoms with van der Waals surface area (Å²) in [4.78, 5) is -0.249. The molecule has 0 unspecified atom stereocenters. The summed E-state index contributed by atoms with van der Waals surface area (Å²) in [5.41, 5.74) is 1.29. The summed E-state index contributed by atoms with van der Waals surface area (Å²) >= 11 is 2.10. The van der Waals surface area contributed by atoms with Crippen molar-refractivity contribution in [3.63, 3.8) is 0 Å². The van der Waals surface area contributed by atoms with E-state index in [9.17, 15) is 18.8 Å². The lowest BCUT2D eigenvalue weighted by atomic mass is 9.78. The van der Waals surface area contributed by atoms with Gasteiger partial charge in [-0.25, -0.2) is 8.42 Å². The lowest BCUT2D eigenvalue weighted by Crippen LogP contribution is -2.17. The van der Waals surface area contributed by atoms with Gasteiger partial charge in [0.05, 0.1) is 4.90 Å². The molecule has 0 aliphatic carbocycles. The monoisotopic (exact) mass is 523 g/mol. The number of phenols is 1. The molecule has 0 radical (unpaired) electrons. The minimum absolute atomic E-state index is 0.0802. The minimum Gasteiger partial charge on any atom is -0.507 e. The normalized spacial score (nSPS) is 13.2. The maximum atomic E-state index is 13.0. The number of rotatable bonds is 3. The molecule has 0 atom stereocenters. The molecule has 6 heteroatoms. The highest BCUT2D eigenvalue weighted by atomic mass is 127. The molecule has 29 heavy (non-hydrogen) atoms. The number of allylic oxidation sites excluding steroid dienone is 1. The SMILES string of the molecule is CC(C)(C)c1cc(/C=C(\C#N)S(=O)(=O)c2ccc(I)cc2)cc(C(C)(C)C)c1O. The second kappa shape index (κ2) is 8.11. The van der Waals surface area contributed by atoms with Gasteiger partial charge >= 0.3 is 0 Å². The van der Waals surface area contributed by atoms with Crippen LogP contribution in [0.1, 0.15) is 58.2 Å². The Morgan fingerprint density at radius 3 is 1.83 bits per heavy atom. The van der Waals surface area contributed by atoms with E-state index in [1.165, 1.54) is 18.2 Å². The van der Waals surface area contributed by atoms with Gasteiger partial charge in [0.1, 0.15) is 16.7 Å². The molecule has 0 aliphatic rings. The molecule has 0 amide bonds. The van der Waals surface area contributed by atoms with Crippen LogP contribution in [0.15, 0.2) is 46.2 Å². The molecule has 0 heterocycles. The van der Waals surface area contributed by atoms with Crippen molar-refractivity contribution < 1.29 is 13.5 Å². The number of benzene rings is 2. The second-order valence-corrected chi connectivity index (χ2v) is 12.2. The van der Waals surface area contributed by atoms with Gasteiger partial charge in [-0.15, -0.1) is 0 Å². The molecule has 0 spiro atoms. The van der Waals surface area contributed by atoms with E-state index in [2.05, 4.69) is 22.6 Å². The van der Waals surface area contributed by atoms with Crippen LogP contribution in [0.25, 0.3) is 6.08 Å². The summed E-state index contributed by atoms with van der Waals surface area (Å²) in [6.07, 6.45) is 1.39. The third kappa shape index (κ3) is 5.20. The standard InChI is InChI=1S/C23H26INO3S/c1-22(2,3)19-12-15(13-20(21(19)26)23(4,5)6)11-18(14-25)29(27,28)17-9-7-16(24)8-10-17/h7-13,26H,1-6H3/b18-11+. The van der Waals surface area contributed by atoms with Crippen LogP contribution in [0.2, 0.25) is 0 Å². The van der Waals surface area contributed by atoms with Gasteiger partial charge in [0, 0.05) is 14.7 Å². The first kappa shape index (κ1) is 23.4. The average Bonchev–Trinajstić information content (AvgIpc) is 2.58. The topological polar surface area (TPSA) is 78.2 Å². The molecule has 0 fully saturated rings. The first-order valence-corrected chi connectivity index (χ1v) is 11.7. The number of hydrogen-bond donors (Lipinski definition) is 1. The van der Waals surface area contributed by atoms with Gasteiger partial charge in [-0.3, -0.25) is 0 Å². The third-order valence-electron chi connectivity index (χ3n) is 4.57. The van der Waals surface area contributed by atoms with E-state index in [-0.39, 0.29) is 26.4 Å². The molecule has 0 aliphatic heterocycles.